The number of rotatable bonds is 6. The van der Waals surface area contributed by atoms with Crippen molar-refractivity contribution in [3.63, 3.8) is 0 Å². The molecule has 0 fully saturated rings. The summed E-state index contributed by atoms with van der Waals surface area (Å²) in [6.07, 6.45) is 1.53. The monoisotopic (exact) mass is 303 g/mol. The molecular weight excluding hydrogens is 282 g/mol. The van der Waals surface area contributed by atoms with Gasteiger partial charge in [0.2, 0.25) is 0 Å². The van der Waals surface area contributed by atoms with Crippen LogP contribution in [-0.2, 0) is 6.54 Å². The average Bonchev–Trinajstić information content (AvgIpc) is 2.97. The molecule has 0 saturated carbocycles. The summed E-state index contributed by atoms with van der Waals surface area (Å²) in [5.74, 6) is 1.60. The molecule has 0 spiro atoms. The lowest BCUT2D eigenvalue weighted by Gasteiger charge is -2.21. The fourth-order valence-corrected chi connectivity index (χ4v) is 2.26. The summed E-state index contributed by atoms with van der Waals surface area (Å²) in [4.78, 5) is 14.2. The predicted octanol–water partition coefficient (Wildman–Crippen LogP) is 3.27. The maximum Gasteiger partial charge on any atom is 0.290 e. The Bertz CT molecular complexity index is 648. The molecule has 0 aliphatic heterocycles. The molecule has 2 aromatic rings. The minimum atomic E-state index is -0.111. The number of carbonyl (C=O) groups excluding carboxylic acids is 1. The molecule has 0 saturated heterocycles. The minimum absolute atomic E-state index is 0.111. The summed E-state index contributed by atoms with van der Waals surface area (Å²) in [6.45, 7) is 4.88. The van der Waals surface area contributed by atoms with Crippen molar-refractivity contribution in [2.45, 2.75) is 20.4 Å². The van der Waals surface area contributed by atoms with E-state index in [0.717, 1.165) is 11.1 Å². The van der Waals surface area contributed by atoms with Crippen molar-refractivity contribution in [3.8, 4) is 11.5 Å². The lowest BCUT2D eigenvalue weighted by molar-refractivity contribution is 0.0719. The van der Waals surface area contributed by atoms with E-state index in [1.54, 1.807) is 25.2 Å². The number of hydrogen-bond donors (Lipinski definition) is 0. The number of benzene rings is 1. The van der Waals surface area contributed by atoms with Crippen LogP contribution < -0.4 is 9.47 Å². The minimum Gasteiger partial charge on any atom is -0.493 e. The molecule has 1 heterocycles. The molecular formula is C17H21NO4. The van der Waals surface area contributed by atoms with E-state index in [9.17, 15) is 4.79 Å². The van der Waals surface area contributed by atoms with Gasteiger partial charge in [0.05, 0.1) is 20.5 Å². The quantitative estimate of drug-likeness (QED) is 0.822. The van der Waals surface area contributed by atoms with Crippen molar-refractivity contribution in [3.05, 3.63) is 47.4 Å². The Morgan fingerprint density at radius 2 is 1.91 bits per heavy atom. The Hall–Kier alpha value is -2.43. The van der Waals surface area contributed by atoms with Crippen molar-refractivity contribution in [2.75, 3.05) is 20.8 Å². The van der Waals surface area contributed by atoms with Gasteiger partial charge < -0.3 is 18.8 Å². The topological polar surface area (TPSA) is 51.9 Å². The largest absolute Gasteiger partial charge is 0.493 e. The van der Waals surface area contributed by atoms with E-state index in [-0.39, 0.29) is 5.91 Å². The standard InChI is InChI=1S/C17H21NO4/c1-5-18(17(19)16-12(2)8-9-22-16)11-13-6-7-14(20-3)15(10-13)21-4/h6-10H,5,11H2,1-4H3. The molecule has 0 aliphatic rings. The SMILES string of the molecule is CCN(Cc1ccc(OC)c(OC)c1)C(=O)c1occc1C. The van der Waals surface area contributed by atoms with Gasteiger partial charge in [-0.25, -0.2) is 0 Å². The third-order valence-electron chi connectivity index (χ3n) is 3.55. The number of carbonyl (C=O) groups is 1. The lowest BCUT2D eigenvalue weighted by atomic mass is 10.1. The first-order chi connectivity index (χ1) is 10.6. The molecule has 0 unspecified atom stereocenters. The van der Waals surface area contributed by atoms with Gasteiger partial charge in [0.1, 0.15) is 0 Å². The highest BCUT2D eigenvalue weighted by Gasteiger charge is 2.20. The van der Waals surface area contributed by atoms with Crippen LogP contribution in [0.3, 0.4) is 0 Å². The summed E-state index contributed by atoms with van der Waals surface area (Å²) in [5, 5.41) is 0. The Labute approximate surface area is 130 Å². The van der Waals surface area contributed by atoms with Gasteiger partial charge in [-0.3, -0.25) is 4.79 Å². The number of hydrogen-bond acceptors (Lipinski definition) is 4. The second-order valence-corrected chi connectivity index (χ2v) is 4.94. The molecule has 2 rings (SSSR count). The van der Waals surface area contributed by atoms with Gasteiger partial charge in [-0.15, -0.1) is 0 Å². The molecule has 0 N–H and O–H groups in total. The molecule has 5 nitrogen and oxygen atoms in total. The van der Waals surface area contributed by atoms with Crippen molar-refractivity contribution in [1.82, 2.24) is 4.90 Å². The first kappa shape index (κ1) is 15.9. The first-order valence-electron chi connectivity index (χ1n) is 7.15. The molecule has 1 aromatic heterocycles. The van der Waals surface area contributed by atoms with Crippen molar-refractivity contribution < 1.29 is 18.7 Å². The van der Waals surface area contributed by atoms with E-state index < -0.39 is 0 Å². The van der Waals surface area contributed by atoms with Gasteiger partial charge in [-0.2, -0.15) is 0 Å². The Morgan fingerprint density at radius 3 is 2.45 bits per heavy atom. The van der Waals surface area contributed by atoms with Crippen LogP contribution in [-0.4, -0.2) is 31.6 Å². The van der Waals surface area contributed by atoms with Gasteiger partial charge in [0.15, 0.2) is 17.3 Å². The van der Waals surface area contributed by atoms with Crippen LogP contribution in [0.5, 0.6) is 11.5 Å². The second-order valence-electron chi connectivity index (χ2n) is 4.94. The molecule has 5 heteroatoms. The highest BCUT2D eigenvalue weighted by atomic mass is 16.5. The molecule has 0 bridgehead atoms. The van der Waals surface area contributed by atoms with Crippen LogP contribution in [0.25, 0.3) is 0 Å². The van der Waals surface area contributed by atoms with Gasteiger partial charge in [0, 0.05) is 18.7 Å². The number of amides is 1. The fourth-order valence-electron chi connectivity index (χ4n) is 2.26. The van der Waals surface area contributed by atoms with Gasteiger partial charge in [0.25, 0.3) is 5.91 Å². The zero-order valence-electron chi connectivity index (χ0n) is 13.4. The van der Waals surface area contributed by atoms with E-state index >= 15 is 0 Å². The molecule has 1 amide bonds. The fraction of sp³-hybridized carbons (Fsp3) is 0.353. The predicted molar refractivity (Wildman–Crippen MR) is 83.4 cm³/mol. The van der Waals surface area contributed by atoms with E-state index in [0.29, 0.717) is 30.3 Å². The number of ether oxygens (including phenoxy) is 2. The average molecular weight is 303 g/mol. The molecule has 1 aromatic carbocycles. The van der Waals surface area contributed by atoms with Crippen LogP contribution in [0.15, 0.2) is 34.9 Å². The summed E-state index contributed by atoms with van der Waals surface area (Å²) in [5.41, 5.74) is 1.81. The third kappa shape index (κ3) is 3.24. The van der Waals surface area contributed by atoms with E-state index in [1.165, 1.54) is 6.26 Å². The zero-order valence-corrected chi connectivity index (χ0v) is 13.4. The summed E-state index contributed by atoms with van der Waals surface area (Å²) < 4.78 is 15.8. The molecule has 0 radical (unpaired) electrons. The smallest absolute Gasteiger partial charge is 0.290 e. The first-order valence-corrected chi connectivity index (χ1v) is 7.15. The zero-order chi connectivity index (χ0) is 16.1. The Balaban J connectivity index is 2.20. The Kier molecular flexibility index (Phi) is 5.09. The molecule has 118 valence electrons. The Morgan fingerprint density at radius 1 is 1.18 bits per heavy atom. The number of methoxy groups -OCH3 is 2. The van der Waals surface area contributed by atoms with Gasteiger partial charge in [-0.1, -0.05) is 6.07 Å². The van der Waals surface area contributed by atoms with E-state index in [1.807, 2.05) is 32.0 Å². The van der Waals surface area contributed by atoms with Crippen molar-refractivity contribution >= 4 is 5.91 Å². The summed E-state index contributed by atoms with van der Waals surface area (Å²) in [6, 6.07) is 7.43. The van der Waals surface area contributed by atoms with Crippen LogP contribution in [0.2, 0.25) is 0 Å². The normalized spacial score (nSPS) is 10.4. The van der Waals surface area contributed by atoms with Gasteiger partial charge in [-0.05, 0) is 37.6 Å². The molecule has 0 aliphatic carbocycles. The van der Waals surface area contributed by atoms with Crippen molar-refractivity contribution in [1.29, 1.82) is 0 Å². The van der Waals surface area contributed by atoms with Crippen LogP contribution in [0.1, 0.15) is 28.6 Å². The highest BCUT2D eigenvalue weighted by molar-refractivity contribution is 5.92. The maximum absolute atomic E-state index is 12.5. The van der Waals surface area contributed by atoms with Crippen molar-refractivity contribution in [2.24, 2.45) is 0 Å². The second kappa shape index (κ2) is 7.02. The maximum atomic E-state index is 12.5. The van der Waals surface area contributed by atoms with Crippen LogP contribution in [0, 0.1) is 6.92 Å². The summed E-state index contributed by atoms with van der Waals surface area (Å²) >= 11 is 0. The van der Waals surface area contributed by atoms with Crippen LogP contribution in [0.4, 0.5) is 0 Å². The van der Waals surface area contributed by atoms with E-state index in [2.05, 4.69) is 0 Å². The number of aryl methyl sites for hydroxylation is 1. The lowest BCUT2D eigenvalue weighted by Crippen LogP contribution is -2.30. The molecule has 0 atom stereocenters. The van der Waals surface area contributed by atoms with E-state index in [4.69, 9.17) is 13.9 Å². The number of furan rings is 1. The summed E-state index contributed by atoms with van der Waals surface area (Å²) in [7, 11) is 3.19. The van der Waals surface area contributed by atoms with Gasteiger partial charge >= 0.3 is 0 Å². The van der Waals surface area contributed by atoms with Crippen LogP contribution >= 0.6 is 0 Å². The third-order valence-corrected chi connectivity index (χ3v) is 3.55. The highest BCUT2D eigenvalue weighted by Crippen LogP contribution is 2.28. The number of nitrogens with zero attached hydrogens (tertiary/aromatic N) is 1. The molecule has 22 heavy (non-hydrogen) atoms.